The van der Waals surface area contributed by atoms with Crippen LogP contribution >= 0.6 is 11.8 Å². The predicted molar refractivity (Wildman–Crippen MR) is 89.2 cm³/mol. The predicted octanol–water partition coefficient (Wildman–Crippen LogP) is 4.10. The van der Waals surface area contributed by atoms with Gasteiger partial charge >= 0.3 is 0 Å². The van der Waals surface area contributed by atoms with E-state index in [4.69, 9.17) is 0 Å². The molecule has 1 heterocycles. The first-order chi connectivity index (χ1) is 11.1. The summed E-state index contributed by atoms with van der Waals surface area (Å²) in [6, 6.07) is 15.5. The Hall–Kier alpha value is -2.40. The smallest absolute Gasteiger partial charge is 0.268 e. The van der Waals surface area contributed by atoms with E-state index in [-0.39, 0.29) is 17.0 Å². The van der Waals surface area contributed by atoms with Crippen LogP contribution in [0.3, 0.4) is 0 Å². The molecule has 1 aliphatic rings. The molecule has 0 N–H and O–H groups in total. The molecule has 1 saturated heterocycles. The molecule has 1 aliphatic heterocycles. The number of hydrogen-bond acceptors (Lipinski definition) is 3. The first-order valence-corrected chi connectivity index (χ1v) is 8.00. The molecule has 0 atom stereocenters. The maximum atomic E-state index is 12.9. The number of thioether (sulfide) groups is 1. The third kappa shape index (κ3) is 3.68. The molecule has 2 amide bonds. The molecule has 23 heavy (non-hydrogen) atoms. The summed E-state index contributed by atoms with van der Waals surface area (Å²) in [6.07, 6.45) is 2.25. The Morgan fingerprint density at radius 1 is 1.00 bits per heavy atom. The van der Waals surface area contributed by atoms with Gasteiger partial charge in [0.2, 0.25) is 0 Å². The highest BCUT2D eigenvalue weighted by atomic mass is 32.2. The summed E-state index contributed by atoms with van der Waals surface area (Å²) < 4.78 is 12.9. The largest absolute Gasteiger partial charge is 0.293 e. The van der Waals surface area contributed by atoms with Gasteiger partial charge in [-0.15, -0.1) is 0 Å². The van der Waals surface area contributed by atoms with E-state index >= 15 is 0 Å². The average molecular weight is 327 g/mol. The molecule has 0 unspecified atom stereocenters. The first kappa shape index (κ1) is 15.5. The lowest BCUT2D eigenvalue weighted by molar-refractivity contribution is -0.122. The van der Waals surface area contributed by atoms with Gasteiger partial charge in [-0.05, 0) is 47.5 Å². The summed E-state index contributed by atoms with van der Waals surface area (Å²) >= 11 is 0.921. The van der Waals surface area contributed by atoms with E-state index < -0.39 is 0 Å². The number of rotatable bonds is 4. The zero-order chi connectivity index (χ0) is 16.2. The van der Waals surface area contributed by atoms with Crippen LogP contribution in [0.1, 0.15) is 11.1 Å². The molecular weight excluding hydrogens is 313 g/mol. The van der Waals surface area contributed by atoms with Gasteiger partial charge in [0.15, 0.2) is 0 Å². The molecule has 0 aromatic heterocycles. The Labute approximate surface area is 137 Å². The lowest BCUT2D eigenvalue weighted by atomic mass is 10.1. The lowest BCUT2D eigenvalue weighted by Gasteiger charge is -2.12. The van der Waals surface area contributed by atoms with Crippen molar-refractivity contribution < 1.29 is 14.0 Å². The van der Waals surface area contributed by atoms with E-state index in [0.717, 1.165) is 17.3 Å². The minimum atomic E-state index is -0.335. The quantitative estimate of drug-likeness (QED) is 0.793. The van der Waals surface area contributed by atoms with Crippen LogP contribution in [0.4, 0.5) is 9.18 Å². The van der Waals surface area contributed by atoms with Crippen LogP contribution < -0.4 is 0 Å². The van der Waals surface area contributed by atoms with E-state index in [2.05, 4.69) is 0 Å². The van der Waals surface area contributed by atoms with E-state index in [1.165, 1.54) is 17.0 Å². The molecule has 2 aromatic carbocycles. The molecule has 0 bridgehead atoms. The number of carbonyl (C=O) groups excluding carboxylic acids is 2. The average Bonchev–Trinajstić information content (AvgIpc) is 2.82. The van der Waals surface area contributed by atoms with E-state index in [0.29, 0.717) is 23.4 Å². The van der Waals surface area contributed by atoms with E-state index in [1.54, 1.807) is 18.2 Å². The van der Waals surface area contributed by atoms with Crippen molar-refractivity contribution in [3.8, 4) is 0 Å². The van der Waals surface area contributed by atoms with Crippen molar-refractivity contribution in [3.63, 3.8) is 0 Å². The van der Waals surface area contributed by atoms with E-state index in [9.17, 15) is 14.0 Å². The van der Waals surface area contributed by atoms with Gasteiger partial charge in [0.25, 0.3) is 11.1 Å². The van der Waals surface area contributed by atoms with Gasteiger partial charge in [0, 0.05) is 6.54 Å². The number of halogens is 1. The van der Waals surface area contributed by atoms with Crippen LogP contribution in [-0.4, -0.2) is 22.6 Å². The second kappa shape index (κ2) is 6.79. The van der Waals surface area contributed by atoms with Gasteiger partial charge in [0.1, 0.15) is 5.82 Å². The zero-order valence-electron chi connectivity index (χ0n) is 12.2. The van der Waals surface area contributed by atoms with Crippen molar-refractivity contribution in [2.24, 2.45) is 0 Å². The Balaban J connectivity index is 1.71. The van der Waals surface area contributed by atoms with Crippen LogP contribution in [0.15, 0.2) is 59.5 Å². The Morgan fingerprint density at radius 2 is 1.70 bits per heavy atom. The molecule has 0 radical (unpaired) electrons. The molecule has 5 heteroatoms. The van der Waals surface area contributed by atoms with Gasteiger partial charge in [-0.3, -0.25) is 14.5 Å². The van der Waals surface area contributed by atoms with Crippen LogP contribution in [0, 0.1) is 5.82 Å². The van der Waals surface area contributed by atoms with Gasteiger partial charge in [-0.2, -0.15) is 0 Å². The summed E-state index contributed by atoms with van der Waals surface area (Å²) in [4.78, 5) is 26.0. The molecule has 3 rings (SSSR count). The first-order valence-electron chi connectivity index (χ1n) is 7.18. The fourth-order valence-electron chi connectivity index (χ4n) is 2.29. The second-order valence-corrected chi connectivity index (χ2v) is 6.11. The summed E-state index contributed by atoms with van der Waals surface area (Å²) in [7, 11) is 0. The number of imide groups is 1. The third-order valence-electron chi connectivity index (χ3n) is 3.51. The molecule has 1 fully saturated rings. The van der Waals surface area contributed by atoms with Crippen molar-refractivity contribution in [2.75, 3.05) is 6.54 Å². The monoisotopic (exact) mass is 327 g/mol. The zero-order valence-corrected chi connectivity index (χ0v) is 13.1. The summed E-state index contributed by atoms with van der Waals surface area (Å²) in [5.41, 5.74) is 1.77. The fraction of sp³-hybridized carbons (Fsp3) is 0.111. The number of hydrogen-bond donors (Lipinski definition) is 0. The third-order valence-corrected chi connectivity index (χ3v) is 4.42. The number of nitrogens with zero attached hydrogens (tertiary/aromatic N) is 1. The molecule has 0 spiro atoms. The molecule has 2 aromatic rings. The highest BCUT2D eigenvalue weighted by Crippen LogP contribution is 2.32. The normalized spacial score (nSPS) is 16.4. The Bertz CT molecular complexity index is 756. The highest BCUT2D eigenvalue weighted by molar-refractivity contribution is 8.18. The summed E-state index contributed by atoms with van der Waals surface area (Å²) in [6.45, 7) is 0.357. The topological polar surface area (TPSA) is 37.4 Å². The van der Waals surface area contributed by atoms with Gasteiger partial charge in [-0.25, -0.2) is 4.39 Å². The molecule has 3 nitrogen and oxygen atoms in total. The Morgan fingerprint density at radius 3 is 2.39 bits per heavy atom. The minimum absolute atomic E-state index is 0.265. The van der Waals surface area contributed by atoms with Crippen LogP contribution in [-0.2, 0) is 11.2 Å². The van der Waals surface area contributed by atoms with Gasteiger partial charge in [0.05, 0.1) is 4.91 Å². The standard InChI is InChI=1S/C18H14FNO2S/c19-15-8-6-14(7-9-15)12-16-17(21)20(18(22)23-16)11-10-13-4-2-1-3-5-13/h1-9,12H,10-11H2/b16-12-. The van der Waals surface area contributed by atoms with Crippen LogP contribution in [0.5, 0.6) is 0 Å². The summed E-state index contributed by atoms with van der Waals surface area (Å²) in [5, 5.41) is -0.265. The lowest BCUT2D eigenvalue weighted by Crippen LogP contribution is -2.30. The van der Waals surface area contributed by atoms with Crippen LogP contribution in [0.25, 0.3) is 6.08 Å². The van der Waals surface area contributed by atoms with Crippen molar-refractivity contribution in [2.45, 2.75) is 6.42 Å². The second-order valence-electron chi connectivity index (χ2n) is 5.12. The highest BCUT2D eigenvalue weighted by Gasteiger charge is 2.34. The van der Waals surface area contributed by atoms with Crippen molar-refractivity contribution in [1.82, 2.24) is 4.90 Å². The molecule has 0 saturated carbocycles. The van der Waals surface area contributed by atoms with Crippen LogP contribution in [0.2, 0.25) is 0 Å². The Kier molecular flexibility index (Phi) is 4.57. The van der Waals surface area contributed by atoms with Crippen molar-refractivity contribution >= 4 is 29.0 Å². The van der Waals surface area contributed by atoms with E-state index in [1.807, 2.05) is 30.3 Å². The van der Waals surface area contributed by atoms with Crippen molar-refractivity contribution in [3.05, 3.63) is 76.4 Å². The maximum Gasteiger partial charge on any atom is 0.293 e. The van der Waals surface area contributed by atoms with Crippen molar-refractivity contribution in [1.29, 1.82) is 0 Å². The molecule has 0 aliphatic carbocycles. The molecular formula is C18H14FNO2S. The number of benzene rings is 2. The van der Waals surface area contributed by atoms with Gasteiger partial charge < -0.3 is 0 Å². The number of amides is 2. The fourth-order valence-corrected chi connectivity index (χ4v) is 3.15. The summed E-state index contributed by atoms with van der Waals surface area (Å²) in [5.74, 6) is -0.627. The molecule has 116 valence electrons. The number of carbonyl (C=O) groups is 2. The minimum Gasteiger partial charge on any atom is -0.268 e. The maximum absolute atomic E-state index is 12.9. The van der Waals surface area contributed by atoms with Gasteiger partial charge in [-0.1, -0.05) is 42.5 Å². The SMILES string of the molecule is O=C1S/C(=C\c2ccc(F)cc2)C(=O)N1CCc1ccccc1.